The number of rotatable bonds is 0. The number of allylic oxidation sites excluding steroid dienone is 1. The van der Waals surface area contributed by atoms with Gasteiger partial charge in [-0.1, -0.05) is 6.42 Å². The molecule has 0 unspecified atom stereocenters. The standard InChI is InChI=1S/C7H12O2/c1-2-4-6-8-9-7-5-3-1/h4,6H,1-3,5,7H2/b6-4-. The van der Waals surface area contributed by atoms with E-state index in [0.29, 0.717) is 0 Å². The van der Waals surface area contributed by atoms with Crippen LogP contribution in [0.1, 0.15) is 25.7 Å². The van der Waals surface area contributed by atoms with Crippen LogP contribution in [0.5, 0.6) is 0 Å². The van der Waals surface area contributed by atoms with Gasteiger partial charge in [-0.2, -0.15) is 4.89 Å². The van der Waals surface area contributed by atoms with Crippen LogP contribution in [0, 0.1) is 0 Å². The molecule has 1 rings (SSSR count). The second kappa shape index (κ2) is 4.39. The van der Waals surface area contributed by atoms with E-state index in [1.807, 2.05) is 6.08 Å². The Morgan fingerprint density at radius 2 is 2.11 bits per heavy atom. The zero-order valence-corrected chi connectivity index (χ0v) is 5.51. The van der Waals surface area contributed by atoms with Crippen molar-refractivity contribution >= 4 is 0 Å². The van der Waals surface area contributed by atoms with Crippen LogP contribution >= 0.6 is 0 Å². The topological polar surface area (TPSA) is 18.5 Å². The Bertz CT molecular complexity index is 78.9. The summed E-state index contributed by atoms with van der Waals surface area (Å²) in [6.45, 7) is 0.727. The SMILES string of the molecule is C1=C\OOCCCCC/1. The highest BCUT2D eigenvalue weighted by Crippen LogP contribution is 2.03. The smallest absolute Gasteiger partial charge is 0.125 e. The summed E-state index contributed by atoms with van der Waals surface area (Å²) in [7, 11) is 0. The van der Waals surface area contributed by atoms with E-state index in [4.69, 9.17) is 4.89 Å². The molecule has 1 aliphatic rings. The first-order valence-electron chi connectivity index (χ1n) is 3.43. The molecule has 0 aromatic heterocycles. The Morgan fingerprint density at radius 3 is 3.11 bits per heavy atom. The molecule has 0 bridgehead atoms. The minimum Gasteiger partial charge on any atom is -0.346 e. The van der Waals surface area contributed by atoms with Crippen molar-refractivity contribution in [2.24, 2.45) is 0 Å². The summed E-state index contributed by atoms with van der Waals surface area (Å²) in [6, 6.07) is 0. The third-order valence-electron chi connectivity index (χ3n) is 1.32. The van der Waals surface area contributed by atoms with Gasteiger partial charge < -0.3 is 4.89 Å². The second-order valence-electron chi connectivity index (χ2n) is 2.14. The molecule has 2 nitrogen and oxygen atoms in total. The molecule has 2 heteroatoms. The predicted octanol–water partition coefficient (Wildman–Crippen LogP) is 2.02. The molecule has 0 radical (unpaired) electrons. The van der Waals surface area contributed by atoms with Gasteiger partial charge in [0.25, 0.3) is 0 Å². The lowest BCUT2D eigenvalue weighted by Gasteiger charge is -1.96. The van der Waals surface area contributed by atoms with Gasteiger partial charge in [0.05, 0.1) is 6.61 Å². The summed E-state index contributed by atoms with van der Waals surface area (Å²) in [5.74, 6) is 0. The Labute approximate surface area is 55.4 Å². The third-order valence-corrected chi connectivity index (χ3v) is 1.32. The fraction of sp³-hybridized carbons (Fsp3) is 0.714. The van der Waals surface area contributed by atoms with Crippen LogP contribution in [0.3, 0.4) is 0 Å². The summed E-state index contributed by atoms with van der Waals surface area (Å²) >= 11 is 0. The highest BCUT2D eigenvalue weighted by Gasteiger charge is 1.91. The summed E-state index contributed by atoms with van der Waals surface area (Å²) in [6.07, 6.45) is 8.33. The lowest BCUT2D eigenvalue weighted by atomic mass is 10.2. The van der Waals surface area contributed by atoms with E-state index in [1.165, 1.54) is 12.8 Å². The average Bonchev–Trinajstić information content (AvgIpc) is 2.00. The Hall–Kier alpha value is -0.500. The van der Waals surface area contributed by atoms with Gasteiger partial charge in [0.15, 0.2) is 0 Å². The molecule has 0 aromatic carbocycles. The minimum absolute atomic E-state index is 0.727. The van der Waals surface area contributed by atoms with E-state index in [0.717, 1.165) is 19.4 Å². The van der Waals surface area contributed by atoms with Crippen molar-refractivity contribution in [3.05, 3.63) is 12.3 Å². The molecule has 0 aromatic rings. The lowest BCUT2D eigenvalue weighted by molar-refractivity contribution is -0.248. The molecule has 0 saturated carbocycles. The quantitative estimate of drug-likeness (QED) is 0.465. The maximum absolute atomic E-state index is 4.77. The summed E-state index contributed by atoms with van der Waals surface area (Å²) in [5.41, 5.74) is 0. The van der Waals surface area contributed by atoms with Gasteiger partial charge in [0, 0.05) is 0 Å². The molecule has 0 aliphatic carbocycles. The molecule has 9 heavy (non-hydrogen) atoms. The zero-order chi connectivity index (χ0) is 6.36. The minimum atomic E-state index is 0.727. The highest BCUT2D eigenvalue weighted by atomic mass is 17.2. The Morgan fingerprint density at radius 1 is 1.11 bits per heavy atom. The highest BCUT2D eigenvalue weighted by molar-refractivity contribution is 4.72. The summed E-state index contributed by atoms with van der Waals surface area (Å²) in [4.78, 5) is 9.44. The van der Waals surface area contributed by atoms with Gasteiger partial charge in [-0.05, 0) is 25.3 Å². The van der Waals surface area contributed by atoms with Crippen molar-refractivity contribution in [2.45, 2.75) is 25.7 Å². The van der Waals surface area contributed by atoms with E-state index in [2.05, 4.69) is 4.89 Å². The van der Waals surface area contributed by atoms with Crippen molar-refractivity contribution in [3.8, 4) is 0 Å². The van der Waals surface area contributed by atoms with E-state index in [9.17, 15) is 0 Å². The molecule has 0 atom stereocenters. The van der Waals surface area contributed by atoms with Gasteiger partial charge in [-0.15, -0.1) is 0 Å². The molecule has 1 heterocycles. The average molecular weight is 128 g/mol. The number of hydrogen-bond donors (Lipinski definition) is 0. The normalized spacial score (nSPS) is 24.9. The van der Waals surface area contributed by atoms with Crippen LogP contribution in [0.4, 0.5) is 0 Å². The van der Waals surface area contributed by atoms with Crippen LogP contribution in [0.15, 0.2) is 12.3 Å². The number of hydrogen-bond acceptors (Lipinski definition) is 2. The first kappa shape index (κ1) is 6.62. The van der Waals surface area contributed by atoms with E-state index >= 15 is 0 Å². The van der Waals surface area contributed by atoms with Gasteiger partial charge in [0.1, 0.15) is 6.26 Å². The molecule has 0 saturated heterocycles. The molecule has 0 N–H and O–H groups in total. The summed E-state index contributed by atoms with van der Waals surface area (Å²) in [5, 5.41) is 0. The van der Waals surface area contributed by atoms with Crippen molar-refractivity contribution in [1.29, 1.82) is 0 Å². The third kappa shape index (κ3) is 3.14. The van der Waals surface area contributed by atoms with Crippen LogP contribution < -0.4 is 0 Å². The van der Waals surface area contributed by atoms with Crippen molar-refractivity contribution in [2.75, 3.05) is 6.61 Å². The van der Waals surface area contributed by atoms with Crippen LogP contribution in [-0.2, 0) is 9.78 Å². The van der Waals surface area contributed by atoms with Crippen molar-refractivity contribution < 1.29 is 9.78 Å². The van der Waals surface area contributed by atoms with Gasteiger partial charge in [-0.3, -0.25) is 0 Å². The molecule has 1 aliphatic heterocycles. The predicted molar refractivity (Wildman–Crippen MR) is 34.6 cm³/mol. The van der Waals surface area contributed by atoms with Gasteiger partial charge >= 0.3 is 0 Å². The monoisotopic (exact) mass is 128 g/mol. The first-order valence-corrected chi connectivity index (χ1v) is 3.43. The summed E-state index contributed by atoms with van der Waals surface area (Å²) < 4.78 is 0. The van der Waals surface area contributed by atoms with Crippen molar-refractivity contribution in [3.63, 3.8) is 0 Å². The lowest BCUT2D eigenvalue weighted by Crippen LogP contribution is -1.89. The van der Waals surface area contributed by atoms with Gasteiger partial charge in [0.2, 0.25) is 0 Å². The van der Waals surface area contributed by atoms with Crippen molar-refractivity contribution in [1.82, 2.24) is 0 Å². The molecular formula is C7H12O2. The van der Waals surface area contributed by atoms with Crippen LogP contribution in [-0.4, -0.2) is 6.61 Å². The second-order valence-corrected chi connectivity index (χ2v) is 2.14. The van der Waals surface area contributed by atoms with E-state index in [1.54, 1.807) is 6.26 Å². The van der Waals surface area contributed by atoms with E-state index in [-0.39, 0.29) is 0 Å². The molecular weight excluding hydrogens is 116 g/mol. The van der Waals surface area contributed by atoms with Crippen LogP contribution in [0.25, 0.3) is 0 Å². The maximum atomic E-state index is 4.77. The van der Waals surface area contributed by atoms with E-state index < -0.39 is 0 Å². The fourth-order valence-corrected chi connectivity index (χ4v) is 0.795. The maximum Gasteiger partial charge on any atom is 0.125 e. The van der Waals surface area contributed by atoms with Gasteiger partial charge in [-0.25, -0.2) is 0 Å². The largest absolute Gasteiger partial charge is 0.346 e. The fourth-order valence-electron chi connectivity index (χ4n) is 0.795. The first-order chi connectivity index (χ1) is 4.50. The Kier molecular flexibility index (Phi) is 3.22. The molecule has 0 amide bonds. The molecule has 0 spiro atoms. The Balaban J connectivity index is 2.15. The van der Waals surface area contributed by atoms with Crippen LogP contribution in [0.2, 0.25) is 0 Å². The molecule has 52 valence electrons. The molecule has 0 fully saturated rings. The zero-order valence-electron chi connectivity index (χ0n) is 5.51.